The summed E-state index contributed by atoms with van der Waals surface area (Å²) in [4.78, 5) is 19.8. The number of piperidine rings is 2. The van der Waals surface area contributed by atoms with Gasteiger partial charge in [0.25, 0.3) is 0 Å². The van der Waals surface area contributed by atoms with Crippen molar-refractivity contribution < 1.29 is 14.6 Å². The Hall–Kier alpha value is -3.18. The predicted molar refractivity (Wildman–Crippen MR) is 135 cm³/mol. The molecule has 2 aliphatic heterocycles. The molecule has 1 aromatic heterocycles. The molecule has 5 heteroatoms. The monoisotopic (exact) mass is 468 g/mol. The Kier molecular flexibility index (Phi) is 5.81. The van der Waals surface area contributed by atoms with Gasteiger partial charge in [0.05, 0.1) is 5.60 Å². The third kappa shape index (κ3) is 4.23. The van der Waals surface area contributed by atoms with Gasteiger partial charge in [0.15, 0.2) is 0 Å². The highest BCUT2D eigenvalue weighted by Gasteiger charge is 2.47. The summed E-state index contributed by atoms with van der Waals surface area (Å²) in [6.07, 6.45) is 7.16. The van der Waals surface area contributed by atoms with Crippen LogP contribution < -0.4 is 0 Å². The quantitative estimate of drug-likeness (QED) is 0.521. The first-order chi connectivity index (χ1) is 17.1. The van der Waals surface area contributed by atoms with Crippen molar-refractivity contribution in [1.82, 2.24) is 9.88 Å². The van der Waals surface area contributed by atoms with Crippen molar-refractivity contribution in [3.05, 3.63) is 89.7 Å². The summed E-state index contributed by atoms with van der Waals surface area (Å²) in [5.41, 5.74) is 5.17. The largest absolute Gasteiger partial charge is 0.448 e. The van der Waals surface area contributed by atoms with Gasteiger partial charge < -0.3 is 14.7 Å². The number of ether oxygens (including phenoxy) is 1. The molecule has 6 rings (SSSR count). The zero-order valence-electron chi connectivity index (χ0n) is 20.0. The molecule has 2 fully saturated rings. The molecular weight excluding hydrogens is 436 g/mol. The van der Waals surface area contributed by atoms with Crippen molar-refractivity contribution >= 4 is 6.09 Å². The van der Waals surface area contributed by atoms with Gasteiger partial charge in [-0.05, 0) is 79.3 Å². The summed E-state index contributed by atoms with van der Waals surface area (Å²) in [7, 11) is 0. The van der Waals surface area contributed by atoms with E-state index in [-0.39, 0.29) is 24.1 Å². The van der Waals surface area contributed by atoms with Crippen molar-refractivity contribution in [2.45, 2.75) is 68.5 Å². The van der Waals surface area contributed by atoms with E-state index < -0.39 is 5.60 Å². The van der Waals surface area contributed by atoms with E-state index >= 15 is 0 Å². The van der Waals surface area contributed by atoms with E-state index in [1.807, 2.05) is 23.1 Å². The Morgan fingerprint density at radius 3 is 2.20 bits per heavy atom. The number of amides is 1. The lowest BCUT2D eigenvalue weighted by Gasteiger charge is -2.51. The molecule has 2 unspecified atom stereocenters. The van der Waals surface area contributed by atoms with E-state index in [2.05, 4.69) is 53.5 Å². The van der Waals surface area contributed by atoms with Crippen LogP contribution in [0.2, 0.25) is 0 Å². The maximum atomic E-state index is 13.4. The lowest BCUT2D eigenvalue weighted by molar-refractivity contribution is -0.0883. The summed E-state index contributed by atoms with van der Waals surface area (Å²) < 4.78 is 6.01. The molecular formula is C30H32N2O3. The van der Waals surface area contributed by atoms with E-state index in [1.165, 1.54) is 22.3 Å². The zero-order chi connectivity index (χ0) is 23.8. The molecule has 3 heterocycles. The van der Waals surface area contributed by atoms with E-state index in [0.717, 1.165) is 31.4 Å². The number of aromatic nitrogens is 1. The Morgan fingerprint density at radius 2 is 1.57 bits per heavy atom. The second-order valence-electron chi connectivity index (χ2n) is 10.4. The average molecular weight is 469 g/mol. The smallest absolute Gasteiger partial charge is 0.410 e. The second-order valence-corrected chi connectivity index (χ2v) is 10.4. The van der Waals surface area contributed by atoms with Crippen molar-refractivity contribution in [2.75, 3.05) is 6.61 Å². The first kappa shape index (κ1) is 22.3. The van der Waals surface area contributed by atoms with Gasteiger partial charge in [-0.15, -0.1) is 0 Å². The number of pyridine rings is 1. The molecule has 0 radical (unpaired) electrons. The van der Waals surface area contributed by atoms with Crippen LogP contribution in [0.3, 0.4) is 0 Å². The minimum atomic E-state index is -0.757. The summed E-state index contributed by atoms with van der Waals surface area (Å²) in [5.74, 6) is 0.0614. The van der Waals surface area contributed by atoms with Gasteiger partial charge >= 0.3 is 6.09 Å². The molecule has 2 bridgehead atoms. The number of nitrogens with zero attached hydrogens (tertiary/aromatic N) is 2. The number of aryl methyl sites for hydroxylation is 1. The van der Waals surface area contributed by atoms with Gasteiger partial charge in [-0.3, -0.25) is 4.98 Å². The van der Waals surface area contributed by atoms with Crippen LogP contribution in [0.25, 0.3) is 11.1 Å². The van der Waals surface area contributed by atoms with Crippen LogP contribution in [0.5, 0.6) is 0 Å². The maximum absolute atomic E-state index is 13.4. The minimum absolute atomic E-state index is 0.0342. The van der Waals surface area contributed by atoms with Crippen molar-refractivity contribution in [3.8, 4) is 11.1 Å². The summed E-state index contributed by atoms with van der Waals surface area (Å²) in [6, 6.07) is 22.8. The van der Waals surface area contributed by atoms with Crippen LogP contribution in [-0.2, 0) is 11.2 Å². The lowest BCUT2D eigenvalue weighted by atomic mass is 9.73. The maximum Gasteiger partial charge on any atom is 0.410 e. The van der Waals surface area contributed by atoms with Gasteiger partial charge in [0.2, 0.25) is 0 Å². The number of benzene rings is 2. The number of fused-ring (bicyclic) bond motifs is 5. The predicted octanol–water partition coefficient (Wildman–Crippen LogP) is 5.71. The van der Waals surface area contributed by atoms with Crippen molar-refractivity contribution in [2.24, 2.45) is 0 Å². The van der Waals surface area contributed by atoms with E-state index in [0.29, 0.717) is 25.9 Å². The third-order valence-corrected chi connectivity index (χ3v) is 8.21. The highest BCUT2D eigenvalue weighted by Crippen LogP contribution is 2.45. The first-order valence-corrected chi connectivity index (χ1v) is 12.9. The molecule has 180 valence electrons. The highest BCUT2D eigenvalue weighted by atomic mass is 16.6. The third-order valence-electron chi connectivity index (χ3n) is 8.21. The highest BCUT2D eigenvalue weighted by molar-refractivity contribution is 5.79. The zero-order valence-corrected chi connectivity index (χ0v) is 20.0. The molecule has 1 aliphatic carbocycles. The Labute approximate surface area is 206 Å². The van der Waals surface area contributed by atoms with E-state index in [1.54, 1.807) is 6.20 Å². The SMILES string of the molecule is O=C(OCC1c2ccccc2-c2ccccc21)N1C2CCCC1CC(O)(CCc1ccccn1)C2. The van der Waals surface area contributed by atoms with Crippen molar-refractivity contribution in [1.29, 1.82) is 0 Å². The molecule has 2 atom stereocenters. The molecule has 2 aromatic carbocycles. The molecule has 5 nitrogen and oxygen atoms in total. The molecule has 0 saturated carbocycles. The van der Waals surface area contributed by atoms with Gasteiger partial charge in [-0.25, -0.2) is 4.79 Å². The standard InChI is InChI=1S/C30H32N2O3/c33-29(35-20-28-26-13-3-1-11-24(26)25-12-2-4-14-27(25)28)32-22-9-7-10-23(32)19-30(34,18-22)16-15-21-8-5-6-17-31-21/h1-6,8,11-14,17,22-23,28,34H,7,9-10,15-16,18-20H2. The van der Waals surface area contributed by atoms with Crippen LogP contribution in [0.4, 0.5) is 4.79 Å². The summed E-state index contributed by atoms with van der Waals surface area (Å²) in [5, 5.41) is 11.5. The second kappa shape index (κ2) is 9.12. The molecule has 3 aliphatic rings. The van der Waals surface area contributed by atoms with Gasteiger partial charge in [-0.1, -0.05) is 54.6 Å². The Morgan fingerprint density at radius 1 is 0.943 bits per heavy atom. The fraction of sp³-hybridized carbons (Fsp3) is 0.400. The normalized spacial score (nSPS) is 25.1. The van der Waals surface area contributed by atoms with E-state index in [9.17, 15) is 9.90 Å². The fourth-order valence-electron chi connectivity index (χ4n) is 6.60. The number of hydrogen-bond acceptors (Lipinski definition) is 4. The molecule has 1 amide bonds. The van der Waals surface area contributed by atoms with Crippen LogP contribution in [0.1, 0.15) is 61.3 Å². The fourth-order valence-corrected chi connectivity index (χ4v) is 6.60. The molecule has 3 aromatic rings. The summed E-state index contributed by atoms with van der Waals surface area (Å²) in [6.45, 7) is 0.340. The van der Waals surface area contributed by atoms with Crippen LogP contribution >= 0.6 is 0 Å². The first-order valence-electron chi connectivity index (χ1n) is 12.9. The molecule has 1 N–H and O–H groups in total. The van der Waals surface area contributed by atoms with Gasteiger partial charge in [-0.2, -0.15) is 0 Å². The summed E-state index contributed by atoms with van der Waals surface area (Å²) >= 11 is 0. The van der Waals surface area contributed by atoms with Gasteiger partial charge in [0.1, 0.15) is 6.61 Å². The van der Waals surface area contributed by atoms with Crippen LogP contribution in [0.15, 0.2) is 72.9 Å². The molecule has 0 spiro atoms. The number of carbonyl (C=O) groups is 1. The van der Waals surface area contributed by atoms with Crippen LogP contribution in [0, 0.1) is 0 Å². The Bertz CT molecular complexity index is 1150. The number of rotatable bonds is 5. The Balaban J connectivity index is 1.14. The number of carbonyl (C=O) groups excluding carboxylic acids is 1. The molecule has 35 heavy (non-hydrogen) atoms. The average Bonchev–Trinajstić information content (AvgIpc) is 3.20. The number of aliphatic hydroxyl groups is 1. The van der Waals surface area contributed by atoms with Crippen LogP contribution in [-0.4, -0.2) is 45.4 Å². The van der Waals surface area contributed by atoms with Crippen molar-refractivity contribution in [3.63, 3.8) is 0 Å². The number of hydrogen-bond donors (Lipinski definition) is 1. The molecule has 2 saturated heterocycles. The van der Waals surface area contributed by atoms with E-state index in [4.69, 9.17) is 4.74 Å². The van der Waals surface area contributed by atoms with Gasteiger partial charge in [0, 0.05) is 29.9 Å². The minimum Gasteiger partial charge on any atom is -0.448 e. The topological polar surface area (TPSA) is 62.7 Å². The lowest BCUT2D eigenvalue weighted by Crippen LogP contribution is -2.60.